The number of aromatic hydroxyl groups is 1. The molecule has 6 nitrogen and oxygen atoms in total. The first-order chi connectivity index (χ1) is 13.1. The predicted molar refractivity (Wildman–Crippen MR) is 108 cm³/mol. The number of pyridine rings is 1. The van der Waals surface area contributed by atoms with Gasteiger partial charge in [-0.05, 0) is 48.4 Å². The maximum Gasteiger partial charge on any atom is 0.250 e. The van der Waals surface area contributed by atoms with Crippen LogP contribution in [0.3, 0.4) is 0 Å². The van der Waals surface area contributed by atoms with Crippen molar-refractivity contribution >= 4 is 34.8 Å². The second-order valence-corrected chi connectivity index (χ2v) is 6.80. The summed E-state index contributed by atoms with van der Waals surface area (Å²) in [6, 6.07) is 14.7. The summed E-state index contributed by atoms with van der Waals surface area (Å²) in [5, 5.41) is 15.4. The number of ether oxygens (including phenoxy) is 1. The highest BCUT2D eigenvalue weighted by Crippen LogP contribution is 2.25. The Kier molecular flexibility index (Phi) is 5.93. The van der Waals surface area contributed by atoms with Crippen molar-refractivity contribution < 1.29 is 14.6 Å². The van der Waals surface area contributed by atoms with E-state index in [2.05, 4.69) is 15.5 Å². The summed E-state index contributed by atoms with van der Waals surface area (Å²) in [5.74, 6) is 0.377. The molecule has 1 amide bonds. The van der Waals surface area contributed by atoms with Crippen LogP contribution in [0.4, 0.5) is 0 Å². The largest absolute Gasteiger partial charge is 0.504 e. The molecule has 1 aromatic heterocycles. The Hall–Kier alpha value is -3.06. The summed E-state index contributed by atoms with van der Waals surface area (Å²) in [4.78, 5) is 16.6. The molecule has 3 aromatic rings. The van der Waals surface area contributed by atoms with Gasteiger partial charge in [-0.15, -0.1) is 0 Å². The van der Waals surface area contributed by atoms with Crippen LogP contribution < -0.4 is 10.2 Å². The lowest BCUT2D eigenvalue weighted by atomic mass is 10.1. The molecule has 0 aliphatic heterocycles. The van der Waals surface area contributed by atoms with Gasteiger partial charge in [0.25, 0.3) is 0 Å². The summed E-state index contributed by atoms with van der Waals surface area (Å²) in [7, 11) is 1.47. The number of hydrogen-bond donors (Lipinski definition) is 2. The first-order valence-electron chi connectivity index (χ1n) is 8.25. The molecule has 3 rings (SSSR count). The number of amides is 1. The third-order valence-corrected chi connectivity index (χ3v) is 4.77. The number of methoxy groups -OCH3 is 1. The zero-order valence-electron chi connectivity index (χ0n) is 15.0. The number of fused-ring (bicyclic) bond motifs is 1. The van der Waals surface area contributed by atoms with Crippen molar-refractivity contribution in [3.05, 3.63) is 59.7 Å². The lowest BCUT2D eigenvalue weighted by Gasteiger charge is -2.06. The number of benzene rings is 2. The number of para-hydroxylation sites is 1. The monoisotopic (exact) mass is 381 g/mol. The molecule has 0 bridgehead atoms. The molecule has 0 aliphatic carbocycles. The molecule has 1 heterocycles. The van der Waals surface area contributed by atoms with Gasteiger partial charge in [-0.3, -0.25) is 4.79 Å². The van der Waals surface area contributed by atoms with E-state index in [1.54, 1.807) is 12.1 Å². The van der Waals surface area contributed by atoms with Crippen molar-refractivity contribution in [3.8, 4) is 11.5 Å². The topological polar surface area (TPSA) is 83.8 Å². The third kappa shape index (κ3) is 4.77. The SMILES string of the molecule is COc1cc(/C=N\NC(=O)CSc2cc(C)c3ccccc3n2)ccc1O. The van der Waals surface area contributed by atoms with Gasteiger partial charge in [-0.1, -0.05) is 30.0 Å². The van der Waals surface area contributed by atoms with Gasteiger partial charge in [0, 0.05) is 5.39 Å². The van der Waals surface area contributed by atoms with E-state index in [1.165, 1.54) is 31.2 Å². The molecule has 0 fully saturated rings. The average Bonchev–Trinajstić information content (AvgIpc) is 2.68. The Bertz CT molecular complexity index is 1000. The maximum absolute atomic E-state index is 12.0. The molecule has 0 spiro atoms. The first-order valence-corrected chi connectivity index (χ1v) is 9.23. The zero-order chi connectivity index (χ0) is 19.2. The van der Waals surface area contributed by atoms with E-state index < -0.39 is 0 Å². The number of hydrazone groups is 1. The van der Waals surface area contributed by atoms with Gasteiger partial charge in [0.15, 0.2) is 11.5 Å². The Labute approximate surface area is 161 Å². The molecule has 0 radical (unpaired) electrons. The fourth-order valence-corrected chi connectivity index (χ4v) is 3.28. The molecule has 0 aliphatic rings. The van der Waals surface area contributed by atoms with Crippen LogP contribution in [0.2, 0.25) is 0 Å². The van der Waals surface area contributed by atoms with Crippen LogP contribution in [-0.2, 0) is 4.79 Å². The van der Waals surface area contributed by atoms with E-state index in [4.69, 9.17) is 4.74 Å². The number of aryl methyl sites for hydroxylation is 1. The Morgan fingerprint density at radius 1 is 1.30 bits per heavy atom. The van der Waals surface area contributed by atoms with Gasteiger partial charge in [0.2, 0.25) is 5.91 Å². The fraction of sp³-hybridized carbons (Fsp3) is 0.150. The minimum absolute atomic E-state index is 0.0493. The average molecular weight is 381 g/mol. The van der Waals surface area contributed by atoms with Crippen LogP contribution >= 0.6 is 11.8 Å². The van der Waals surface area contributed by atoms with Crippen molar-refractivity contribution in [1.82, 2.24) is 10.4 Å². The number of nitrogens with one attached hydrogen (secondary N) is 1. The van der Waals surface area contributed by atoms with Crippen molar-refractivity contribution in [3.63, 3.8) is 0 Å². The molecule has 2 aromatic carbocycles. The highest BCUT2D eigenvalue weighted by Gasteiger charge is 2.06. The Balaban J connectivity index is 1.57. The van der Waals surface area contributed by atoms with Crippen LogP contribution in [0.1, 0.15) is 11.1 Å². The van der Waals surface area contributed by atoms with Crippen molar-refractivity contribution in [1.29, 1.82) is 0 Å². The number of nitrogens with zero attached hydrogens (tertiary/aromatic N) is 2. The number of carbonyl (C=O) groups is 1. The third-order valence-electron chi connectivity index (χ3n) is 3.86. The fourth-order valence-electron chi connectivity index (χ4n) is 2.52. The minimum atomic E-state index is -0.227. The van der Waals surface area contributed by atoms with E-state index in [9.17, 15) is 9.90 Å². The van der Waals surface area contributed by atoms with Crippen molar-refractivity contribution in [2.75, 3.05) is 12.9 Å². The minimum Gasteiger partial charge on any atom is -0.504 e. The lowest BCUT2D eigenvalue weighted by Crippen LogP contribution is -2.19. The summed E-state index contributed by atoms with van der Waals surface area (Å²) >= 11 is 1.36. The zero-order valence-corrected chi connectivity index (χ0v) is 15.8. The molecule has 0 saturated carbocycles. The van der Waals surface area contributed by atoms with Gasteiger partial charge >= 0.3 is 0 Å². The van der Waals surface area contributed by atoms with Gasteiger partial charge in [-0.25, -0.2) is 10.4 Å². The van der Waals surface area contributed by atoms with Crippen LogP contribution in [0.25, 0.3) is 10.9 Å². The molecule has 138 valence electrons. The number of carbonyl (C=O) groups excluding carboxylic acids is 1. The van der Waals surface area contributed by atoms with E-state index in [0.717, 1.165) is 21.5 Å². The second-order valence-electron chi connectivity index (χ2n) is 5.81. The van der Waals surface area contributed by atoms with Crippen molar-refractivity contribution in [2.24, 2.45) is 5.10 Å². The summed E-state index contributed by atoms with van der Waals surface area (Å²) < 4.78 is 5.03. The van der Waals surface area contributed by atoms with Gasteiger partial charge in [-0.2, -0.15) is 5.10 Å². The molecular formula is C20H19N3O3S. The van der Waals surface area contributed by atoms with Gasteiger partial charge in [0.05, 0.1) is 29.6 Å². The smallest absolute Gasteiger partial charge is 0.250 e. The lowest BCUT2D eigenvalue weighted by molar-refractivity contribution is -0.118. The summed E-state index contributed by atoms with van der Waals surface area (Å²) in [6.07, 6.45) is 1.49. The van der Waals surface area contributed by atoms with E-state index >= 15 is 0 Å². The summed E-state index contributed by atoms with van der Waals surface area (Å²) in [6.45, 7) is 2.03. The molecule has 2 N–H and O–H groups in total. The number of thioether (sulfide) groups is 1. The number of aromatic nitrogens is 1. The molecule has 0 unspecified atom stereocenters. The number of phenolic OH excluding ortho intramolecular Hbond substituents is 1. The quantitative estimate of drug-likeness (QED) is 0.388. The normalized spacial score (nSPS) is 11.0. The first kappa shape index (κ1) is 18.7. The standard InChI is InChI=1S/C20H19N3O3S/c1-13-9-20(22-16-6-4-3-5-15(13)16)27-12-19(25)23-21-11-14-7-8-17(24)18(10-14)26-2/h3-11,24H,12H2,1-2H3,(H,23,25)/b21-11-. The molecule has 0 atom stereocenters. The molecular weight excluding hydrogens is 362 g/mol. The number of phenols is 1. The highest BCUT2D eigenvalue weighted by atomic mass is 32.2. The van der Waals surface area contributed by atoms with Gasteiger partial charge < -0.3 is 9.84 Å². The van der Waals surface area contributed by atoms with E-state index in [-0.39, 0.29) is 17.4 Å². The van der Waals surface area contributed by atoms with Crippen LogP contribution in [0.15, 0.2) is 58.7 Å². The Morgan fingerprint density at radius 3 is 2.93 bits per heavy atom. The Morgan fingerprint density at radius 2 is 2.11 bits per heavy atom. The van der Waals surface area contributed by atoms with Crippen LogP contribution in [0, 0.1) is 6.92 Å². The molecule has 27 heavy (non-hydrogen) atoms. The van der Waals surface area contributed by atoms with Crippen LogP contribution in [-0.4, -0.2) is 35.1 Å². The van der Waals surface area contributed by atoms with E-state index in [1.807, 2.05) is 37.3 Å². The van der Waals surface area contributed by atoms with Gasteiger partial charge in [0.1, 0.15) is 0 Å². The predicted octanol–water partition coefficient (Wildman–Crippen LogP) is 3.50. The van der Waals surface area contributed by atoms with Crippen molar-refractivity contribution in [2.45, 2.75) is 11.9 Å². The van der Waals surface area contributed by atoms with Crippen LogP contribution in [0.5, 0.6) is 11.5 Å². The highest BCUT2D eigenvalue weighted by molar-refractivity contribution is 7.99. The molecule has 7 heteroatoms. The second kappa shape index (κ2) is 8.55. The number of rotatable bonds is 6. The number of hydrogen-bond acceptors (Lipinski definition) is 6. The molecule has 0 saturated heterocycles. The maximum atomic E-state index is 12.0. The summed E-state index contributed by atoms with van der Waals surface area (Å²) in [5.41, 5.74) is 5.23. The van der Waals surface area contributed by atoms with E-state index in [0.29, 0.717) is 11.3 Å².